The number of carbonyl (C=O) groups is 2. The van der Waals surface area contributed by atoms with Gasteiger partial charge in [0.1, 0.15) is 0 Å². The lowest BCUT2D eigenvalue weighted by Gasteiger charge is -1.89. The van der Waals surface area contributed by atoms with Crippen molar-refractivity contribution in [3.63, 3.8) is 0 Å². The van der Waals surface area contributed by atoms with Crippen molar-refractivity contribution in [3.8, 4) is 0 Å². The Balaban J connectivity index is 3.97. The fourth-order valence-electron chi connectivity index (χ4n) is 0.361. The summed E-state index contributed by atoms with van der Waals surface area (Å²) in [4.78, 5) is 21.0. The third-order valence-corrected chi connectivity index (χ3v) is 0.831. The zero-order valence-electron chi connectivity index (χ0n) is 5.98. The largest absolute Gasteiger partial charge is 0.516 e. The number of aliphatic hydroxyl groups is 1. The van der Waals surface area contributed by atoms with Crippen molar-refractivity contribution in [2.75, 3.05) is 7.11 Å². The summed E-state index contributed by atoms with van der Waals surface area (Å²) in [6.45, 7) is 0. The smallest absolute Gasteiger partial charge is 0.378 e. The molecule has 0 radical (unpaired) electrons. The average molecular weight is 156 g/mol. The normalized spacial score (nSPS) is 10.6. The van der Waals surface area contributed by atoms with Crippen molar-refractivity contribution in [2.24, 2.45) is 0 Å². The molecular formula is C7H8O4. The Bertz CT molecular complexity index is 202. The summed E-state index contributed by atoms with van der Waals surface area (Å²) in [7, 11) is 1.12. The van der Waals surface area contributed by atoms with Crippen LogP contribution in [-0.4, -0.2) is 24.0 Å². The lowest BCUT2D eigenvalue weighted by molar-refractivity contribution is -0.149. The molecule has 4 nitrogen and oxygen atoms in total. The van der Waals surface area contributed by atoms with Crippen molar-refractivity contribution in [3.05, 3.63) is 24.5 Å². The molecule has 0 atom stereocenters. The third kappa shape index (κ3) is 3.91. The molecule has 60 valence electrons. The molecule has 0 spiro atoms. The Hall–Kier alpha value is -1.58. The van der Waals surface area contributed by atoms with E-state index in [2.05, 4.69) is 4.74 Å². The maximum absolute atomic E-state index is 10.6. The number of rotatable bonds is 3. The van der Waals surface area contributed by atoms with Crippen molar-refractivity contribution in [2.45, 2.75) is 0 Å². The standard InChI is InChI=1S/C7H8O4/c1-11-7(10)6(9)4-2-3-5-8/h2-5,8H,1H3/b4-2+,5-3+. The fraction of sp³-hybridized carbons (Fsp3) is 0.143. The van der Waals surface area contributed by atoms with Gasteiger partial charge in [-0.1, -0.05) is 6.08 Å². The molecule has 0 bridgehead atoms. The molecule has 0 unspecified atom stereocenters. The number of allylic oxidation sites excluding steroid dienone is 2. The lowest BCUT2D eigenvalue weighted by atomic mass is 10.3. The minimum atomic E-state index is -0.924. The molecule has 0 aliphatic rings. The number of ether oxygens (including phenoxy) is 1. The van der Waals surface area contributed by atoms with E-state index < -0.39 is 11.8 Å². The van der Waals surface area contributed by atoms with Gasteiger partial charge < -0.3 is 9.84 Å². The predicted octanol–water partition coefficient (Wildman–Crippen LogP) is 0.356. The number of hydrogen-bond donors (Lipinski definition) is 1. The average Bonchev–Trinajstić information content (AvgIpc) is 2.03. The first-order valence-electron chi connectivity index (χ1n) is 2.82. The van der Waals surface area contributed by atoms with Crippen LogP contribution in [0, 0.1) is 0 Å². The van der Waals surface area contributed by atoms with Crippen molar-refractivity contribution in [1.82, 2.24) is 0 Å². The number of aliphatic hydroxyl groups excluding tert-OH is 1. The van der Waals surface area contributed by atoms with Crippen LogP contribution < -0.4 is 0 Å². The van der Waals surface area contributed by atoms with Crippen LogP contribution in [0.3, 0.4) is 0 Å². The third-order valence-electron chi connectivity index (χ3n) is 0.831. The summed E-state index contributed by atoms with van der Waals surface area (Å²) >= 11 is 0. The van der Waals surface area contributed by atoms with Gasteiger partial charge in [0.15, 0.2) is 0 Å². The summed E-state index contributed by atoms with van der Waals surface area (Å²) in [5.74, 6) is -1.68. The van der Waals surface area contributed by atoms with Gasteiger partial charge in [0, 0.05) is 0 Å². The first-order chi connectivity index (χ1) is 5.22. The van der Waals surface area contributed by atoms with Gasteiger partial charge in [-0.2, -0.15) is 0 Å². The molecule has 0 amide bonds. The maximum atomic E-state index is 10.6. The second kappa shape index (κ2) is 5.22. The van der Waals surface area contributed by atoms with Gasteiger partial charge in [-0.3, -0.25) is 4.79 Å². The van der Waals surface area contributed by atoms with Gasteiger partial charge in [0.2, 0.25) is 0 Å². The summed E-state index contributed by atoms with van der Waals surface area (Å²) in [6, 6.07) is 0. The molecule has 0 saturated carbocycles. The van der Waals surface area contributed by atoms with Crippen molar-refractivity contribution < 1.29 is 19.4 Å². The molecule has 0 aromatic carbocycles. The Morgan fingerprint density at radius 2 is 2.00 bits per heavy atom. The minimum absolute atomic E-state index is 0.751. The minimum Gasteiger partial charge on any atom is -0.516 e. The van der Waals surface area contributed by atoms with Crippen LogP contribution in [0.2, 0.25) is 0 Å². The number of carbonyl (C=O) groups excluding carboxylic acids is 2. The van der Waals surface area contributed by atoms with Gasteiger partial charge in [0.05, 0.1) is 13.4 Å². The molecule has 0 aliphatic heterocycles. The number of hydrogen-bond acceptors (Lipinski definition) is 4. The number of esters is 1. The quantitative estimate of drug-likeness (QED) is 0.210. The zero-order chi connectivity index (χ0) is 8.69. The highest BCUT2D eigenvalue weighted by atomic mass is 16.5. The zero-order valence-corrected chi connectivity index (χ0v) is 5.98. The highest BCUT2D eigenvalue weighted by Gasteiger charge is 2.07. The van der Waals surface area contributed by atoms with Crippen molar-refractivity contribution in [1.29, 1.82) is 0 Å². The summed E-state index contributed by atoms with van der Waals surface area (Å²) in [6.07, 6.45) is 4.19. The topological polar surface area (TPSA) is 63.6 Å². The van der Waals surface area contributed by atoms with Gasteiger partial charge in [0.25, 0.3) is 5.78 Å². The summed E-state index contributed by atoms with van der Waals surface area (Å²) < 4.78 is 4.12. The lowest BCUT2D eigenvalue weighted by Crippen LogP contribution is -2.11. The van der Waals surface area contributed by atoms with Crippen LogP contribution in [0.5, 0.6) is 0 Å². The molecule has 0 heterocycles. The Kier molecular flexibility index (Phi) is 4.47. The predicted molar refractivity (Wildman–Crippen MR) is 37.9 cm³/mol. The first kappa shape index (κ1) is 9.42. The van der Waals surface area contributed by atoms with E-state index in [1.54, 1.807) is 0 Å². The highest BCUT2D eigenvalue weighted by Crippen LogP contribution is 1.82. The van der Waals surface area contributed by atoms with E-state index >= 15 is 0 Å². The Labute approximate surface area is 63.8 Å². The molecule has 1 N–H and O–H groups in total. The van der Waals surface area contributed by atoms with Gasteiger partial charge in [-0.15, -0.1) is 0 Å². The van der Waals surface area contributed by atoms with Gasteiger partial charge in [-0.05, 0) is 12.2 Å². The second-order valence-corrected chi connectivity index (χ2v) is 1.56. The van der Waals surface area contributed by atoms with Crippen LogP contribution in [0.1, 0.15) is 0 Å². The number of ketones is 1. The van der Waals surface area contributed by atoms with E-state index in [1.807, 2.05) is 0 Å². The van der Waals surface area contributed by atoms with E-state index in [0.29, 0.717) is 0 Å². The van der Waals surface area contributed by atoms with Crippen LogP contribution in [0.15, 0.2) is 24.5 Å². The molecule has 0 fully saturated rings. The number of methoxy groups -OCH3 is 1. The summed E-state index contributed by atoms with van der Waals surface area (Å²) in [5.41, 5.74) is 0. The van der Waals surface area contributed by atoms with Crippen LogP contribution in [-0.2, 0) is 14.3 Å². The first-order valence-corrected chi connectivity index (χ1v) is 2.82. The van der Waals surface area contributed by atoms with Gasteiger partial charge >= 0.3 is 5.97 Å². The molecule has 0 aliphatic carbocycles. The molecule has 0 aromatic heterocycles. The molecule has 0 saturated heterocycles. The van der Waals surface area contributed by atoms with Gasteiger partial charge in [-0.25, -0.2) is 4.79 Å². The summed E-state index contributed by atoms with van der Waals surface area (Å²) in [5, 5.41) is 8.12. The molecule has 0 rings (SSSR count). The monoisotopic (exact) mass is 156 g/mol. The van der Waals surface area contributed by atoms with E-state index in [4.69, 9.17) is 5.11 Å². The van der Waals surface area contributed by atoms with E-state index in [-0.39, 0.29) is 0 Å². The Morgan fingerprint density at radius 1 is 1.36 bits per heavy atom. The molecule has 4 heteroatoms. The SMILES string of the molecule is COC(=O)C(=O)/C=C/C=C/O. The maximum Gasteiger partial charge on any atom is 0.378 e. The highest BCUT2D eigenvalue weighted by molar-refractivity contribution is 6.38. The van der Waals surface area contributed by atoms with E-state index in [0.717, 1.165) is 19.4 Å². The molecular weight excluding hydrogens is 148 g/mol. The van der Waals surface area contributed by atoms with Crippen LogP contribution in [0.25, 0.3) is 0 Å². The molecule has 11 heavy (non-hydrogen) atoms. The Morgan fingerprint density at radius 3 is 2.45 bits per heavy atom. The second-order valence-electron chi connectivity index (χ2n) is 1.56. The fourth-order valence-corrected chi connectivity index (χ4v) is 0.361. The molecule has 0 aromatic rings. The van der Waals surface area contributed by atoms with Crippen LogP contribution >= 0.6 is 0 Å². The van der Waals surface area contributed by atoms with E-state index in [9.17, 15) is 9.59 Å². The van der Waals surface area contributed by atoms with Crippen LogP contribution in [0.4, 0.5) is 0 Å². The van der Waals surface area contributed by atoms with E-state index in [1.165, 1.54) is 12.2 Å². The van der Waals surface area contributed by atoms with Crippen molar-refractivity contribution >= 4 is 11.8 Å².